The van der Waals surface area contributed by atoms with E-state index in [1.165, 1.54) is 0 Å². The smallest absolute Gasteiger partial charge is 0.223 e. The molecular weight excluding hydrogens is 280 g/mol. The molecule has 1 aromatic rings. The fourth-order valence-corrected chi connectivity index (χ4v) is 3.48. The third-order valence-electron chi connectivity index (χ3n) is 4.69. The number of hydrogen-bond donors (Lipinski definition) is 1. The Morgan fingerprint density at radius 3 is 2.73 bits per heavy atom. The van der Waals surface area contributed by atoms with E-state index in [-0.39, 0.29) is 36.3 Å². The van der Waals surface area contributed by atoms with E-state index in [0.29, 0.717) is 13.2 Å². The van der Waals surface area contributed by atoms with Crippen molar-refractivity contribution in [3.05, 3.63) is 35.9 Å². The lowest BCUT2D eigenvalue weighted by atomic mass is 10.1. The first kappa shape index (κ1) is 15.0. The Morgan fingerprint density at radius 1 is 1.27 bits per heavy atom. The first-order valence-corrected chi connectivity index (χ1v) is 7.89. The van der Waals surface area contributed by atoms with Crippen LogP contribution in [0, 0.1) is 5.92 Å². The first-order chi connectivity index (χ1) is 10.6. The van der Waals surface area contributed by atoms with E-state index in [0.717, 1.165) is 24.8 Å². The topological polar surface area (TPSA) is 72.6 Å². The predicted octanol–water partition coefficient (Wildman–Crippen LogP) is 1.46. The van der Waals surface area contributed by atoms with Crippen molar-refractivity contribution in [1.82, 2.24) is 4.90 Å². The Morgan fingerprint density at radius 2 is 2.05 bits per heavy atom. The van der Waals surface area contributed by atoms with Crippen molar-refractivity contribution in [2.45, 2.75) is 44.4 Å². The van der Waals surface area contributed by atoms with Gasteiger partial charge >= 0.3 is 0 Å². The van der Waals surface area contributed by atoms with E-state index in [9.17, 15) is 9.59 Å². The molecule has 2 fully saturated rings. The number of nitrogens with two attached hydrogens (primary N) is 1. The summed E-state index contributed by atoms with van der Waals surface area (Å²) in [6.07, 6.45) is 3.25. The molecule has 1 aliphatic carbocycles. The van der Waals surface area contributed by atoms with E-state index in [2.05, 4.69) is 0 Å². The number of rotatable bonds is 5. The number of nitrogens with zero attached hydrogens (tertiary/aromatic N) is 1. The van der Waals surface area contributed by atoms with Gasteiger partial charge in [0.05, 0.1) is 24.7 Å². The van der Waals surface area contributed by atoms with Crippen LogP contribution in [0.1, 0.15) is 31.2 Å². The predicted molar refractivity (Wildman–Crippen MR) is 81.7 cm³/mol. The van der Waals surface area contributed by atoms with Crippen LogP contribution < -0.4 is 5.73 Å². The summed E-state index contributed by atoms with van der Waals surface area (Å²) in [4.78, 5) is 25.3. The molecular formula is C17H22N2O3. The summed E-state index contributed by atoms with van der Waals surface area (Å²) < 4.78 is 6.05. The van der Waals surface area contributed by atoms with Crippen LogP contribution in [0.5, 0.6) is 0 Å². The lowest BCUT2D eigenvalue weighted by Crippen LogP contribution is -2.43. The van der Waals surface area contributed by atoms with Crippen LogP contribution in [0.3, 0.4) is 0 Å². The monoisotopic (exact) mass is 302 g/mol. The van der Waals surface area contributed by atoms with Crippen molar-refractivity contribution in [2.24, 2.45) is 11.7 Å². The van der Waals surface area contributed by atoms with Crippen molar-refractivity contribution < 1.29 is 14.3 Å². The Bertz CT molecular complexity index is 546. The van der Waals surface area contributed by atoms with Crippen molar-refractivity contribution in [3.8, 4) is 0 Å². The van der Waals surface area contributed by atoms with Crippen LogP contribution in [-0.2, 0) is 20.9 Å². The highest BCUT2D eigenvalue weighted by molar-refractivity contribution is 5.88. The van der Waals surface area contributed by atoms with Gasteiger partial charge in [0.15, 0.2) is 0 Å². The normalized spacial score (nSPS) is 28.3. The number of ether oxygens (including phenoxy) is 1. The SMILES string of the molecule is NC(=O)C1CC(=O)N(C2CCCC2OCc2ccccc2)C1. The van der Waals surface area contributed by atoms with Gasteiger partial charge in [0.25, 0.3) is 0 Å². The minimum atomic E-state index is -0.379. The molecule has 1 aliphatic heterocycles. The third kappa shape index (κ3) is 3.14. The van der Waals surface area contributed by atoms with E-state index >= 15 is 0 Å². The second-order valence-electron chi connectivity index (χ2n) is 6.18. The molecule has 3 atom stereocenters. The molecule has 2 N–H and O–H groups in total. The van der Waals surface area contributed by atoms with Crippen molar-refractivity contribution in [3.63, 3.8) is 0 Å². The number of hydrogen-bond acceptors (Lipinski definition) is 3. The van der Waals surface area contributed by atoms with E-state index in [4.69, 9.17) is 10.5 Å². The van der Waals surface area contributed by atoms with E-state index in [1.54, 1.807) is 0 Å². The van der Waals surface area contributed by atoms with E-state index in [1.807, 2.05) is 35.2 Å². The number of amides is 2. The maximum absolute atomic E-state index is 12.2. The van der Waals surface area contributed by atoms with Gasteiger partial charge in [-0.15, -0.1) is 0 Å². The Labute approximate surface area is 130 Å². The molecule has 1 heterocycles. The van der Waals surface area contributed by atoms with Gasteiger partial charge in [-0.1, -0.05) is 30.3 Å². The van der Waals surface area contributed by atoms with Crippen LogP contribution in [0.15, 0.2) is 30.3 Å². The Kier molecular flexibility index (Phi) is 4.43. The maximum atomic E-state index is 12.2. The molecule has 3 rings (SSSR count). The molecule has 0 radical (unpaired) electrons. The molecule has 3 unspecified atom stereocenters. The van der Waals surface area contributed by atoms with Crippen molar-refractivity contribution in [2.75, 3.05) is 6.54 Å². The summed E-state index contributed by atoms with van der Waals surface area (Å²) in [5.41, 5.74) is 6.48. The molecule has 0 aromatic heterocycles. The van der Waals surface area contributed by atoms with Gasteiger partial charge in [0, 0.05) is 13.0 Å². The van der Waals surface area contributed by atoms with Gasteiger partial charge < -0.3 is 15.4 Å². The Balaban J connectivity index is 1.61. The van der Waals surface area contributed by atoms with Crippen molar-refractivity contribution >= 4 is 11.8 Å². The molecule has 5 heteroatoms. The maximum Gasteiger partial charge on any atom is 0.223 e. The average molecular weight is 302 g/mol. The quantitative estimate of drug-likeness (QED) is 0.895. The third-order valence-corrected chi connectivity index (χ3v) is 4.69. The zero-order valence-corrected chi connectivity index (χ0v) is 12.6. The molecule has 1 saturated carbocycles. The second kappa shape index (κ2) is 6.48. The number of primary amides is 1. The van der Waals surface area contributed by atoms with Crippen LogP contribution in [0.25, 0.3) is 0 Å². The van der Waals surface area contributed by atoms with Gasteiger partial charge in [-0.3, -0.25) is 9.59 Å². The second-order valence-corrected chi connectivity index (χ2v) is 6.18. The standard InChI is InChI=1S/C17H22N2O3/c18-17(21)13-9-16(20)19(10-13)14-7-4-8-15(14)22-11-12-5-2-1-3-6-12/h1-3,5-6,13-15H,4,7-11H2,(H2,18,21). The highest BCUT2D eigenvalue weighted by atomic mass is 16.5. The number of carbonyl (C=O) groups excluding carboxylic acids is 2. The van der Waals surface area contributed by atoms with Gasteiger partial charge in [-0.2, -0.15) is 0 Å². The molecule has 22 heavy (non-hydrogen) atoms. The summed E-state index contributed by atoms with van der Waals surface area (Å²) in [5.74, 6) is -0.692. The molecule has 2 amide bonds. The zero-order chi connectivity index (χ0) is 15.5. The molecule has 0 spiro atoms. The molecule has 1 aromatic carbocycles. The fourth-order valence-electron chi connectivity index (χ4n) is 3.48. The summed E-state index contributed by atoms with van der Waals surface area (Å²) in [7, 11) is 0. The van der Waals surface area contributed by atoms with Gasteiger partial charge in [0.1, 0.15) is 0 Å². The summed E-state index contributed by atoms with van der Waals surface area (Å²) in [5, 5.41) is 0. The highest BCUT2D eigenvalue weighted by Gasteiger charge is 2.42. The minimum absolute atomic E-state index is 0.0315. The summed E-state index contributed by atoms with van der Waals surface area (Å²) in [6.45, 7) is 1.01. The van der Waals surface area contributed by atoms with Crippen LogP contribution in [0.2, 0.25) is 0 Å². The van der Waals surface area contributed by atoms with Gasteiger partial charge in [-0.25, -0.2) is 0 Å². The first-order valence-electron chi connectivity index (χ1n) is 7.89. The minimum Gasteiger partial charge on any atom is -0.371 e. The van der Waals surface area contributed by atoms with E-state index < -0.39 is 0 Å². The number of carbonyl (C=O) groups is 2. The van der Waals surface area contributed by atoms with Crippen LogP contribution in [0.4, 0.5) is 0 Å². The molecule has 1 saturated heterocycles. The van der Waals surface area contributed by atoms with Gasteiger partial charge in [-0.05, 0) is 24.8 Å². The van der Waals surface area contributed by atoms with Crippen molar-refractivity contribution in [1.29, 1.82) is 0 Å². The van der Waals surface area contributed by atoms with Crippen LogP contribution in [-0.4, -0.2) is 35.4 Å². The fraction of sp³-hybridized carbons (Fsp3) is 0.529. The zero-order valence-electron chi connectivity index (χ0n) is 12.6. The number of benzene rings is 1. The molecule has 0 bridgehead atoms. The molecule has 118 valence electrons. The lowest BCUT2D eigenvalue weighted by molar-refractivity contribution is -0.132. The van der Waals surface area contributed by atoms with Gasteiger partial charge in [0.2, 0.25) is 11.8 Å². The summed E-state index contributed by atoms with van der Waals surface area (Å²) in [6, 6.07) is 10.1. The molecule has 5 nitrogen and oxygen atoms in total. The number of likely N-dealkylation sites (tertiary alicyclic amines) is 1. The summed E-state index contributed by atoms with van der Waals surface area (Å²) >= 11 is 0. The van der Waals surface area contributed by atoms with Crippen LogP contribution >= 0.6 is 0 Å². The molecule has 2 aliphatic rings. The average Bonchev–Trinajstić information content (AvgIpc) is 3.12. The lowest BCUT2D eigenvalue weighted by Gasteiger charge is -2.29. The largest absolute Gasteiger partial charge is 0.371 e. The highest BCUT2D eigenvalue weighted by Crippen LogP contribution is 2.32. The Hall–Kier alpha value is -1.88.